The second-order valence-corrected chi connectivity index (χ2v) is 5.24. The highest BCUT2D eigenvalue weighted by Crippen LogP contribution is 2.28. The first-order valence-corrected chi connectivity index (χ1v) is 7.01. The molecule has 0 unspecified atom stereocenters. The van der Waals surface area contributed by atoms with Gasteiger partial charge >= 0.3 is 0 Å². The Morgan fingerprint density at radius 3 is 2.44 bits per heavy atom. The van der Waals surface area contributed by atoms with Crippen LogP contribution >= 0.6 is 0 Å². The average molecular weight is 226 g/mol. The first kappa shape index (κ1) is 12.3. The number of hydrogen-bond acceptors (Lipinski definition) is 3. The van der Waals surface area contributed by atoms with Gasteiger partial charge in [0.15, 0.2) is 0 Å². The molecule has 0 radical (unpaired) electrons. The quantitative estimate of drug-likeness (QED) is 0.794. The normalized spacial score (nSPS) is 33.4. The van der Waals surface area contributed by atoms with Crippen molar-refractivity contribution in [3.8, 4) is 0 Å². The van der Waals surface area contributed by atoms with Crippen LogP contribution in [0.5, 0.6) is 0 Å². The molecule has 0 amide bonds. The molecule has 0 aromatic rings. The van der Waals surface area contributed by atoms with Crippen LogP contribution in [0.25, 0.3) is 0 Å². The predicted octanol–water partition coefficient (Wildman–Crippen LogP) is 2.01. The molecule has 2 rings (SSSR count). The van der Waals surface area contributed by atoms with Crippen molar-refractivity contribution in [3.63, 3.8) is 0 Å². The van der Waals surface area contributed by atoms with E-state index in [1.807, 2.05) is 0 Å². The third kappa shape index (κ3) is 2.58. The third-order valence-corrected chi connectivity index (χ3v) is 4.10. The van der Waals surface area contributed by atoms with Crippen LogP contribution in [0.3, 0.4) is 0 Å². The zero-order valence-corrected chi connectivity index (χ0v) is 10.6. The number of nitrogens with zero attached hydrogens (tertiary/aromatic N) is 2. The van der Waals surface area contributed by atoms with Gasteiger partial charge in [0, 0.05) is 25.2 Å². The molecule has 0 aliphatic carbocycles. The van der Waals surface area contributed by atoms with Crippen LogP contribution in [0.2, 0.25) is 0 Å². The fourth-order valence-corrected chi connectivity index (χ4v) is 3.29. The fraction of sp³-hybridized carbons (Fsp3) is 1.00. The van der Waals surface area contributed by atoms with Crippen molar-refractivity contribution in [1.82, 2.24) is 10.0 Å². The van der Waals surface area contributed by atoms with Gasteiger partial charge in [-0.2, -0.15) is 0 Å². The van der Waals surface area contributed by atoms with Crippen LogP contribution in [-0.2, 0) is 0 Å². The summed E-state index contributed by atoms with van der Waals surface area (Å²) in [6.45, 7) is 4.97. The molecule has 2 fully saturated rings. The molecule has 1 N–H and O–H groups in total. The van der Waals surface area contributed by atoms with Crippen LogP contribution in [0, 0.1) is 0 Å². The van der Waals surface area contributed by atoms with E-state index in [1.165, 1.54) is 51.5 Å². The third-order valence-electron chi connectivity index (χ3n) is 4.10. The van der Waals surface area contributed by atoms with Gasteiger partial charge in [-0.25, -0.2) is 10.0 Å². The molecule has 2 saturated heterocycles. The van der Waals surface area contributed by atoms with Crippen molar-refractivity contribution in [3.05, 3.63) is 0 Å². The van der Waals surface area contributed by atoms with Gasteiger partial charge in [0.05, 0.1) is 6.61 Å². The van der Waals surface area contributed by atoms with Gasteiger partial charge in [-0.15, -0.1) is 0 Å². The number of hydrazine groups is 1. The van der Waals surface area contributed by atoms with E-state index in [0.717, 1.165) is 12.6 Å². The first-order valence-electron chi connectivity index (χ1n) is 7.01. The van der Waals surface area contributed by atoms with Gasteiger partial charge < -0.3 is 5.11 Å². The van der Waals surface area contributed by atoms with E-state index in [9.17, 15) is 5.11 Å². The van der Waals surface area contributed by atoms with Gasteiger partial charge in [0.1, 0.15) is 0 Å². The summed E-state index contributed by atoms with van der Waals surface area (Å²) in [7, 11) is 0. The monoisotopic (exact) mass is 226 g/mol. The van der Waals surface area contributed by atoms with Crippen molar-refractivity contribution in [1.29, 1.82) is 0 Å². The highest BCUT2D eigenvalue weighted by Gasteiger charge is 2.33. The fourth-order valence-electron chi connectivity index (χ4n) is 3.29. The van der Waals surface area contributed by atoms with E-state index in [2.05, 4.69) is 16.9 Å². The summed E-state index contributed by atoms with van der Waals surface area (Å²) in [6.07, 6.45) is 9.08. The van der Waals surface area contributed by atoms with Gasteiger partial charge in [0.25, 0.3) is 0 Å². The maximum absolute atomic E-state index is 9.41. The van der Waals surface area contributed by atoms with E-state index in [0.29, 0.717) is 12.6 Å². The van der Waals surface area contributed by atoms with Crippen molar-refractivity contribution in [2.75, 3.05) is 19.7 Å². The van der Waals surface area contributed by atoms with E-state index in [1.54, 1.807) is 0 Å². The summed E-state index contributed by atoms with van der Waals surface area (Å²) in [6, 6.07) is 1.14. The smallest absolute Gasteiger partial charge is 0.0600 e. The van der Waals surface area contributed by atoms with Gasteiger partial charge in [-0.3, -0.25) is 0 Å². The Balaban J connectivity index is 1.98. The summed E-state index contributed by atoms with van der Waals surface area (Å²) in [4.78, 5) is 0. The highest BCUT2D eigenvalue weighted by atomic mass is 16.3. The zero-order chi connectivity index (χ0) is 11.4. The Labute approximate surface area is 99.4 Å². The first-order chi connectivity index (χ1) is 7.86. The molecule has 0 saturated carbocycles. The lowest BCUT2D eigenvalue weighted by Crippen LogP contribution is -2.53. The van der Waals surface area contributed by atoms with E-state index < -0.39 is 0 Å². The van der Waals surface area contributed by atoms with Crippen molar-refractivity contribution < 1.29 is 5.11 Å². The van der Waals surface area contributed by atoms with Crippen LogP contribution in [0.4, 0.5) is 0 Å². The number of piperidine rings is 1. The minimum atomic E-state index is 0.329. The van der Waals surface area contributed by atoms with Crippen LogP contribution < -0.4 is 0 Å². The Kier molecular flexibility index (Phi) is 4.62. The van der Waals surface area contributed by atoms with Crippen molar-refractivity contribution >= 4 is 0 Å². The molecule has 94 valence electrons. The van der Waals surface area contributed by atoms with Gasteiger partial charge in [-0.05, 0) is 32.1 Å². The summed E-state index contributed by atoms with van der Waals surface area (Å²) in [5.41, 5.74) is 0. The van der Waals surface area contributed by atoms with E-state index >= 15 is 0 Å². The molecule has 0 aromatic heterocycles. The highest BCUT2D eigenvalue weighted by molar-refractivity contribution is 4.82. The van der Waals surface area contributed by atoms with Crippen molar-refractivity contribution in [2.45, 2.75) is 64.0 Å². The summed E-state index contributed by atoms with van der Waals surface area (Å²) in [5, 5.41) is 14.5. The summed E-state index contributed by atoms with van der Waals surface area (Å²) < 4.78 is 0. The predicted molar refractivity (Wildman–Crippen MR) is 66.1 cm³/mol. The van der Waals surface area contributed by atoms with Crippen LogP contribution in [-0.4, -0.2) is 46.9 Å². The molecular formula is C13H26N2O. The summed E-state index contributed by atoms with van der Waals surface area (Å²) >= 11 is 0. The Morgan fingerprint density at radius 1 is 1.00 bits per heavy atom. The topological polar surface area (TPSA) is 26.7 Å². The lowest BCUT2D eigenvalue weighted by atomic mass is 10.00. The molecule has 2 aliphatic heterocycles. The second-order valence-electron chi connectivity index (χ2n) is 5.24. The van der Waals surface area contributed by atoms with E-state index in [4.69, 9.17) is 0 Å². The molecule has 2 atom stereocenters. The SMILES string of the molecule is CCC[C@H]1CCCCN1N1CCC[C@H]1CO. The van der Waals surface area contributed by atoms with Gasteiger partial charge in [-0.1, -0.05) is 19.8 Å². The average Bonchev–Trinajstić information content (AvgIpc) is 2.78. The molecule has 16 heavy (non-hydrogen) atoms. The van der Waals surface area contributed by atoms with Crippen LogP contribution in [0.15, 0.2) is 0 Å². The Hall–Kier alpha value is -0.120. The lowest BCUT2D eigenvalue weighted by molar-refractivity contribution is -0.0985. The molecule has 2 aliphatic rings. The molecule has 3 heteroatoms. The number of aliphatic hydroxyl groups is 1. The molecule has 3 nitrogen and oxygen atoms in total. The Bertz CT molecular complexity index is 208. The standard InChI is InChI=1S/C13H26N2O/c1-2-6-12-7-3-4-9-14(12)15-10-5-8-13(15)11-16/h12-13,16H,2-11H2,1H3/t12-,13-/m0/s1. The number of aliphatic hydroxyl groups excluding tert-OH is 1. The molecule has 2 heterocycles. The summed E-state index contributed by atoms with van der Waals surface area (Å²) in [5.74, 6) is 0. The van der Waals surface area contributed by atoms with Gasteiger partial charge in [0.2, 0.25) is 0 Å². The number of hydrogen-bond donors (Lipinski definition) is 1. The minimum Gasteiger partial charge on any atom is -0.395 e. The minimum absolute atomic E-state index is 0.329. The molecule has 0 aromatic carbocycles. The molecule has 0 spiro atoms. The number of rotatable bonds is 4. The lowest BCUT2D eigenvalue weighted by Gasteiger charge is -2.44. The van der Waals surface area contributed by atoms with Crippen molar-refractivity contribution in [2.24, 2.45) is 0 Å². The maximum Gasteiger partial charge on any atom is 0.0600 e. The van der Waals surface area contributed by atoms with E-state index in [-0.39, 0.29) is 0 Å². The largest absolute Gasteiger partial charge is 0.395 e. The second kappa shape index (κ2) is 5.99. The maximum atomic E-state index is 9.41. The zero-order valence-electron chi connectivity index (χ0n) is 10.6. The van der Waals surface area contributed by atoms with Crippen LogP contribution in [0.1, 0.15) is 51.9 Å². The Morgan fingerprint density at radius 2 is 1.69 bits per heavy atom. The molecular weight excluding hydrogens is 200 g/mol. The molecule has 0 bridgehead atoms.